The summed E-state index contributed by atoms with van der Waals surface area (Å²) in [4.78, 5) is 11.2. The molecule has 2 saturated heterocycles. The Labute approximate surface area is 121 Å². The minimum Gasteiger partial charge on any atom is -0.355 e. The number of benzene rings is 1. The van der Waals surface area contributed by atoms with E-state index < -0.39 is 11.6 Å². The second-order valence-electron chi connectivity index (χ2n) is 5.35. The van der Waals surface area contributed by atoms with Gasteiger partial charge in [0.25, 0.3) is 0 Å². The second kappa shape index (κ2) is 5.75. The minimum atomic E-state index is -0.739. The van der Waals surface area contributed by atoms with E-state index in [2.05, 4.69) is 15.7 Å². The van der Waals surface area contributed by atoms with Gasteiger partial charge < -0.3 is 5.32 Å². The van der Waals surface area contributed by atoms with Crippen molar-refractivity contribution in [2.24, 2.45) is 10.3 Å². The van der Waals surface area contributed by atoms with Crippen LogP contribution in [0, 0.1) is 11.6 Å². The molecule has 2 aliphatic rings. The molecule has 112 valence electrons. The number of halogens is 2. The minimum absolute atomic E-state index is 0.121. The summed E-state index contributed by atoms with van der Waals surface area (Å²) in [5.74, 6) is -1.86. The Bertz CT molecular complexity index is 585. The van der Waals surface area contributed by atoms with Gasteiger partial charge >= 0.3 is 0 Å². The number of nitrogens with one attached hydrogen (secondary N) is 1. The molecule has 0 saturated carbocycles. The Hall–Kier alpha value is -2.05. The Morgan fingerprint density at radius 1 is 1.24 bits per heavy atom. The lowest BCUT2D eigenvalue weighted by Crippen LogP contribution is -2.13. The highest BCUT2D eigenvalue weighted by Gasteiger charge is 2.27. The van der Waals surface area contributed by atoms with Crippen molar-refractivity contribution in [3.63, 3.8) is 0 Å². The Kier molecular flexibility index (Phi) is 3.81. The summed E-state index contributed by atoms with van der Waals surface area (Å²) in [5.41, 5.74) is -0.0659. The molecule has 5 nitrogen and oxygen atoms in total. The molecule has 1 unspecified atom stereocenters. The number of rotatable bonds is 3. The second-order valence-corrected chi connectivity index (χ2v) is 5.35. The fourth-order valence-electron chi connectivity index (χ4n) is 2.69. The number of hydrogen-bond acceptors (Lipinski definition) is 3. The van der Waals surface area contributed by atoms with Crippen molar-refractivity contribution in [2.45, 2.75) is 25.2 Å². The van der Waals surface area contributed by atoms with Gasteiger partial charge in [-0.2, -0.15) is 0 Å². The molecule has 0 bridgehead atoms. The van der Waals surface area contributed by atoms with Gasteiger partial charge in [0.15, 0.2) is 17.3 Å². The molecule has 3 rings (SSSR count). The number of nitrogens with zero attached hydrogens (tertiary/aromatic N) is 3. The zero-order chi connectivity index (χ0) is 14.8. The molecule has 2 aliphatic heterocycles. The topological polar surface area (TPSA) is 57.1 Å². The van der Waals surface area contributed by atoms with E-state index in [-0.39, 0.29) is 23.9 Å². The lowest BCUT2D eigenvalue weighted by atomic mass is 9.97. The predicted octanol–water partition coefficient (Wildman–Crippen LogP) is 2.66. The van der Waals surface area contributed by atoms with Crippen LogP contribution in [0.15, 0.2) is 22.5 Å². The van der Waals surface area contributed by atoms with E-state index in [1.54, 1.807) is 5.01 Å². The van der Waals surface area contributed by atoms with Crippen molar-refractivity contribution in [3.05, 3.63) is 29.3 Å². The Balaban J connectivity index is 1.87. The van der Waals surface area contributed by atoms with E-state index in [0.29, 0.717) is 12.1 Å². The summed E-state index contributed by atoms with van der Waals surface area (Å²) in [6.07, 6.45) is 2.24. The Morgan fingerprint density at radius 2 is 2.00 bits per heavy atom. The molecule has 1 aromatic carbocycles. The smallest absolute Gasteiger partial charge is 0.220 e. The Morgan fingerprint density at radius 3 is 2.67 bits per heavy atom. The van der Waals surface area contributed by atoms with Gasteiger partial charge in [-0.3, -0.25) is 9.80 Å². The highest BCUT2D eigenvalue weighted by atomic mass is 19.1. The molecule has 1 atom stereocenters. The summed E-state index contributed by atoms with van der Waals surface area (Å²) in [6, 6.07) is 2.56. The van der Waals surface area contributed by atoms with Crippen LogP contribution in [0.2, 0.25) is 0 Å². The highest BCUT2D eigenvalue weighted by Crippen LogP contribution is 2.32. The van der Waals surface area contributed by atoms with Gasteiger partial charge in [0.1, 0.15) is 0 Å². The van der Waals surface area contributed by atoms with Crippen molar-refractivity contribution in [3.8, 4) is 0 Å². The number of carbonyl (C=O) groups is 1. The summed E-state index contributed by atoms with van der Waals surface area (Å²) in [6.45, 7) is 1.88. The molecule has 0 aromatic heterocycles. The van der Waals surface area contributed by atoms with Crippen molar-refractivity contribution < 1.29 is 13.6 Å². The molecule has 0 spiro atoms. The molecule has 7 heteroatoms. The van der Waals surface area contributed by atoms with Crippen LogP contribution in [-0.2, 0) is 4.79 Å². The first-order valence-corrected chi connectivity index (χ1v) is 7.06. The molecular formula is C14H16F2N4O. The van der Waals surface area contributed by atoms with Gasteiger partial charge in [0.2, 0.25) is 5.91 Å². The third kappa shape index (κ3) is 2.86. The fourth-order valence-corrected chi connectivity index (χ4v) is 2.69. The van der Waals surface area contributed by atoms with Crippen molar-refractivity contribution in [1.29, 1.82) is 0 Å². The molecule has 2 fully saturated rings. The standard InChI is InChI=1S/C14H16F2N4O/c15-11-4-3-10(9-7-12(21)17-8-9)13(16)14(11)18-19-20-5-1-2-6-20/h3-4,9H,1-2,5-8H2,(H,17,21)/b19-18+. The van der Waals surface area contributed by atoms with Gasteiger partial charge in [0.05, 0.1) is 0 Å². The van der Waals surface area contributed by atoms with E-state index in [4.69, 9.17) is 0 Å². The summed E-state index contributed by atoms with van der Waals surface area (Å²) < 4.78 is 28.2. The van der Waals surface area contributed by atoms with Gasteiger partial charge in [-0.15, -0.1) is 5.11 Å². The quantitative estimate of drug-likeness (QED) is 0.871. The van der Waals surface area contributed by atoms with Gasteiger partial charge in [-0.1, -0.05) is 11.3 Å². The van der Waals surface area contributed by atoms with Crippen LogP contribution in [0.4, 0.5) is 14.5 Å². The van der Waals surface area contributed by atoms with Crippen LogP contribution in [0.25, 0.3) is 0 Å². The molecule has 0 radical (unpaired) electrons. The first-order chi connectivity index (χ1) is 10.1. The van der Waals surface area contributed by atoms with E-state index in [1.165, 1.54) is 12.1 Å². The monoisotopic (exact) mass is 294 g/mol. The maximum atomic E-state index is 14.4. The lowest BCUT2D eigenvalue weighted by Gasteiger charge is -2.12. The maximum absolute atomic E-state index is 14.4. The first kappa shape index (κ1) is 13.9. The van der Waals surface area contributed by atoms with E-state index in [1.807, 2.05) is 0 Å². The average Bonchev–Trinajstić information content (AvgIpc) is 3.10. The van der Waals surface area contributed by atoms with Crippen molar-refractivity contribution in [1.82, 2.24) is 10.3 Å². The zero-order valence-corrected chi connectivity index (χ0v) is 11.5. The van der Waals surface area contributed by atoms with Crippen molar-refractivity contribution >= 4 is 11.6 Å². The summed E-state index contributed by atoms with van der Waals surface area (Å²) in [5, 5.41) is 12.0. The van der Waals surface area contributed by atoms with Gasteiger partial charge in [-0.25, -0.2) is 8.78 Å². The predicted molar refractivity (Wildman–Crippen MR) is 72.0 cm³/mol. The van der Waals surface area contributed by atoms with Crippen LogP contribution in [0.5, 0.6) is 0 Å². The summed E-state index contributed by atoms with van der Waals surface area (Å²) in [7, 11) is 0. The lowest BCUT2D eigenvalue weighted by molar-refractivity contribution is -0.119. The van der Waals surface area contributed by atoms with Crippen molar-refractivity contribution in [2.75, 3.05) is 19.6 Å². The third-order valence-electron chi connectivity index (χ3n) is 3.87. The van der Waals surface area contributed by atoms with E-state index in [9.17, 15) is 13.6 Å². The molecule has 2 heterocycles. The number of amides is 1. The van der Waals surface area contributed by atoms with Crippen LogP contribution in [0.1, 0.15) is 30.7 Å². The first-order valence-electron chi connectivity index (χ1n) is 7.06. The van der Waals surface area contributed by atoms with Crippen LogP contribution in [0.3, 0.4) is 0 Å². The van der Waals surface area contributed by atoms with E-state index >= 15 is 0 Å². The highest BCUT2D eigenvalue weighted by molar-refractivity contribution is 5.79. The summed E-state index contributed by atoms with van der Waals surface area (Å²) >= 11 is 0. The number of carbonyl (C=O) groups excluding carboxylic acids is 1. The molecule has 21 heavy (non-hydrogen) atoms. The maximum Gasteiger partial charge on any atom is 0.220 e. The molecule has 1 aromatic rings. The third-order valence-corrected chi connectivity index (χ3v) is 3.87. The van der Waals surface area contributed by atoms with E-state index in [0.717, 1.165) is 25.9 Å². The van der Waals surface area contributed by atoms with Crippen LogP contribution >= 0.6 is 0 Å². The van der Waals surface area contributed by atoms with Crippen LogP contribution in [-0.4, -0.2) is 30.6 Å². The average molecular weight is 294 g/mol. The van der Waals surface area contributed by atoms with Gasteiger partial charge in [-0.05, 0) is 24.5 Å². The largest absolute Gasteiger partial charge is 0.355 e. The molecular weight excluding hydrogens is 278 g/mol. The van der Waals surface area contributed by atoms with Crippen LogP contribution < -0.4 is 5.32 Å². The normalized spacial score (nSPS) is 22.3. The molecule has 1 N–H and O–H groups in total. The fraction of sp³-hybridized carbons (Fsp3) is 0.500. The SMILES string of the molecule is O=C1CC(c2ccc(F)c(/N=N/N3CCCC3)c2F)CN1. The zero-order valence-electron chi connectivity index (χ0n) is 11.5. The molecule has 1 amide bonds. The van der Waals surface area contributed by atoms with Gasteiger partial charge in [0, 0.05) is 32.0 Å². The molecule has 0 aliphatic carbocycles. The number of hydrogen-bond donors (Lipinski definition) is 1.